The average molecular weight is 465 g/mol. The Morgan fingerprint density at radius 2 is 2.12 bits per heavy atom. The minimum atomic E-state index is -0.160. The van der Waals surface area contributed by atoms with Gasteiger partial charge in [-0.3, -0.25) is 0 Å². The number of guanidine groups is 1. The molecule has 1 aromatic carbocycles. The van der Waals surface area contributed by atoms with Gasteiger partial charge in [-0.15, -0.1) is 24.0 Å². The quantitative estimate of drug-likeness (QED) is 0.412. The summed E-state index contributed by atoms with van der Waals surface area (Å²) in [5.41, 5.74) is 6.48. The molecule has 0 unspecified atom stereocenters. The van der Waals surface area contributed by atoms with Crippen LogP contribution in [0.25, 0.3) is 0 Å². The van der Waals surface area contributed by atoms with E-state index in [4.69, 9.17) is 22.1 Å². The lowest BCUT2D eigenvalue weighted by molar-refractivity contribution is 0.342. The van der Waals surface area contributed by atoms with E-state index in [1.54, 1.807) is 19.2 Å². The number of nitrogens with two attached hydrogens (primary N) is 1. The van der Waals surface area contributed by atoms with Crippen molar-refractivity contribution in [1.29, 1.82) is 0 Å². The van der Waals surface area contributed by atoms with Crippen molar-refractivity contribution in [3.05, 3.63) is 35.4 Å². The topological polar surface area (TPSA) is 90.3 Å². The van der Waals surface area contributed by atoms with Crippen molar-refractivity contribution in [2.45, 2.75) is 32.9 Å². The summed E-state index contributed by atoms with van der Waals surface area (Å²) in [6.07, 6.45) is 1.52. The van der Waals surface area contributed by atoms with Gasteiger partial charge >= 0.3 is 0 Å². The zero-order valence-electron chi connectivity index (χ0n) is 14.1. The Bertz CT molecular complexity index is 710. The summed E-state index contributed by atoms with van der Waals surface area (Å²) in [6, 6.07) is 5.29. The first kappa shape index (κ1) is 20.5. The molecule has 2 rings (SSSR count). The molecule has 0 atom stereocenters. The molecule has 0 amide bonds. The summed E-state index contributed by atoms with van der Waals surface area (Å²) in [5.74, 6) is 1.62. The molecule has 0 saturated carbocycles. The Kier molecular flexibility index (Phi) is 7.27. The number of ether oxygens (including phenoxy) is 1. The number of anilines is 1. The van der Waals surface area contributed by atoms with E-state index in [1.165, 1.54) is 6.33 Å². The summed E-state index contributed by atoms with van der Waals surface area (Å²) in [4.78, 5) is 8.52. The van der Waals surface area contributed by atoms with Crippen molar-refractivity contribution in [1.82, 2.24) is 14.8 Å². The number of hydrogen-bond acceptors (Lipinski definition) is 4. The molecule has 0 radical (unpaired) electrons. The molecule has 7 nitrogen and oxygen atoms in total. The molecular weight excluding hydrogens is 443 g/mol. The molecule has 1 heterocycles. The molecule has 0 aliphatic heterocycles. The molecule has 0 aliphatic rings. The van der Waals surface area contributed by atoms with E-state index in [1.807, 2.05) is 10.7 Å². The van der Waals surface area contributed by atoms with Crippen LogP contribution in [0.15, 0.2) is 29.5 Å². The zero-order chi connectivity index (χ0) is 17.0. The second-order valence-electron chi connectivity index (χ2n) is 5.93. The number of methoxy groups -OCH3 is 1. The van der Waals surface area contributed by atoms with Gasteiger partial charge in [0.1, 0.15) is 24.4 Å². The fourth-order valence-corrected chi connectivity index (χ4v) is 2.28. The largest absolute Gasteiger partial charge is 0.495 e. The molecule has 0 saturated heterocycles. The Morgan fingerprint density at radius 3 is 2.71 bits per heavy atom. The Morgan fingerprint density at radius 1 is 1.42 bits per heavy atom. The van der Waals surface area contributed by atoms with Crippen LogP contribution in [0.5, 0.6) is 5.75 Å². The van der Waals surface area contributed by atoms with Crippen molar-refractivity contribution in [3.8, 4) is 5.75 Å². The van der Waals surface area contributed by atoms with E-state index in [-0.39, 0.29) is 35.5 Å². The van der Waals surface area contributed by atoms with Crippen molar-refractivity contribution >= 4 is 47.2 Å². The first-order valence-electron chi connectivity index (χ1n) is 7.11. The van der Waals surface area contributed by atoms with Crippen LogP contribution in [0.3, 0.4) is 0 Å². The van der Waals surface area contributed by atoms with Crippen LogP contribution in [0.1, 0.15) is 26.6 Å². The number of halogens is 2. The van der Waals surface area contributed by atoms with Crippen LogP contribution in [0, 0.1) is 0 Å². The number of nitrogens with one attached hydrogen (secondary N) is 1. The third-order valence-electron chi connectivity index (χ3n) is 3.07. The third-order valence-corrected chi connectivity index (χ3v) is 3.36. The van der Waals surface area contributed by atoms with Gasteiger partial charge in [-0.25, -0.2) is 14.7 Å². The summed E-state index contributed by atoms with van der Waals surface area (Å²) in [6.45, 7) is 6.49. The van der Waals surface area contributed by atoms with Crippen LogP contribution in [-0.4, -0.2) is 27.8 Å². The fraction of sp³-hybridized carbons (Fsp3) is 0.400. The average Bonchev–Trinajstić information content (AvgIpc) is 2.94. The molecule has 0 bridgehead atoms. The predicted octanol–water partition coefficient (Wildman–Crippen LogP) is 3.24. The van der Waals surface area contributed by atoms with Crippen LogP contribution in [0.2, 0.25) is 5.02 Å². The number of benzene rings is 1. The molecule has 9 heteroatoms. The number of aromatic nitrogens is 3. The molecule has 3 N–H and O–H groups in total. The highest BCUT2D eigenvalue weighted by Gasteiger charge is 2.17. The molecule has 1 aromatic heterocycles. The van der Waals surface area contributed by atoms with Gasteiger partial charge in [0.05, 0.1) is 17.7 Å². The maximum atomic E-state index is 6.07. The molecule has 0 aliphatic carbocycles. The Hall–Kier alpha value is -1.55. The van der Waals surface area contributed by atoms with E-state index in [0.717, 1.165) is 11.5 Å². The van der Waals surface area contributed by atoms with Crippen LogP contribution in [0.4, 0.5) is 5.69 Å². The van der Waals surface area contributed by atoms with Crippen LogP contribution < -0.4 is 15.8 Å². The summed E-state index contributed by atoms with van der Waals surface area (Å²) in [7, 11) is 1.56. The zero-order valence-corrected chi connectivity index (χ0v) is 17.2. The molecule has 132 valence electrons. The van der Waals surface area contributed by atoms with Gasteiger partial charge in [-0.05, 0) is 39.0 Å². The van der Waals surface area contributed by atoms with E-state index >= 15 is 0 Å². The van der Waals surface area contributed by atoms with Crippen LogP contribution >= 0.6 is 35.6 Å². The van der Waals surface area contributed by atoms with Crippen molar-refractivity contribution < 1.29 is 4.74 Å². The summed E-state index contributed by atoms with van der Waals surface area (Å²) in [5, 5.41) is 7.71. The predicted molar refractivity (Wildman–Crippen MR) is 107 cm³/mol. The van der Waals surface area contributed by atoms with E-state index < -0.39 is 0 Å². The van der Waals surface area contributed by atoms with Gasteiger partial charge < -0.3 is 15.8 Å². The monoisotopic (exact) mass is 464 g/mol. The lowest BCUT2D eigenvalue weighted by Gasteiger charge is -2.20. The number of hydrogen-bond donors (Lipinski definition) is 2. The highest BCUT2D eigenvalue weighted by molar-refractivity contribution is 14.0. The standard InChI is InChI=1S/C15H21ClN6O.HI/c1-15(2,3)22-13(19-9-20-22)8-18-14(17)21-10-5-6-12(23-4)11(16)7-10;/h5-7,9H,8H2,1-4H3,(H3,17,18,21);1H. The lowest BCUT2D eigenvalue weighted by atomic mass is 10.1. The third kappa shape index (κ3) is 5.23. The van der Waals surface area contributed by atoms with E-state index in [9.17, 15) is 0 Å². The maximum Gasteiger partial charge on any atom is 0.193 e. The van der Waals surface area contributed by atoms with Gasteiger partial charge in [-0.1, -0.05) is 11.6 Å². The van der Waals surface area contributed by atoms with Crippen molar-refractivity contribution in [2.75, 3.05) is 12.4 Å². The molecule has 0 spiro atoms. The minimum absolute atomic E-state index is 0. The Labute approximate surface area is 163 Å². The first-order valence-corrected chi connectivity index (χ1v) is 7.49. The SMILES string of the molecule is COc1ccc(NC(N)=NCc2ncnn2C(C)(C)C)cc1Cl.I. The molecule has 2 aromatic rings. The van der Waals surface area contributed by atoms with Gasteiger partial charge in [0.15, 0.2) is 5.96 Å². The van der Waals surface area contributed by atoms with Gasteiger partial charge in [0.2, 0.25) is 0 Å². The lowest BCUT2D eigenvalue weighted by Crippen LogP contribution is -2.26. The van der Waals surface area contributed by atoms with Crippen molar-refractivity contribution in [2.24, 2.45) is 10.7 Å². The second kappa shape index (κ2) is 8.52. The molecular formula is C15H22ClIN6O. The van der Waals surface area contributed by atoms with E-state index in [0.29, 0.717) is 17.3 Å². The maximum absolute atomic E-state index is 6.07. The first-order chi connectivity index (χ1) is 10.8. The Balaban J connectivity index is 0.00000288. The smallest absolute Gasteiger partial charge is 0.193 e. The van der Waals surface area contributed by atoms with Gasteiger partial charge in [0, 0.05) is 5.69 Å². The van der Waals surface area contributed by atoms with Crippen molar-refractivity contribution in [3.63, 3.8) is 0 Å². The number of aliphatic imine (C=N–C) groups is 1. The second-order valence-corrected chi connectivity index (χ2v) is 6.34. The van der Waals surface area contributed by atoms with Gasteiger partial charge in [-0.2, -0.15) is 5.10 Å². The number of rotatable bonds is 4. The normalized spacial score (nSPS) is 11.8. The fourth-order valence-electron chi connectivity index (χ4n) is 2.02. The number of nitrogens with zero attached hydrogens (tertiary/aromatic N) is 4. The van der Waals surface area contributed by atoms with Gasteiger partial charge in [0.25, 0.3) is 0 Å². The highest BCUT2D eigenvalue weighted by Crippen LogP contribution is 2.27. The minimum Gasteiger partial charge on any atom is -0.495 e. The highest BCUT2D eigenvalue weighted by atomic mass is 127. The molecule has 0 fully saturated rings. The summed E-state index contributed by atoms with van der Waals surface area (Å²) >= 11 is 6.07. The van der Waals surface area contributed by atoms with E-state index in [2.05, 4.69) is 41.2 Å². The molecule has 24 heavy (non-hydrogen) atoms. The van der Waals surface area contributed by atoms with Crippen LogP contribution in [-0.2, 0) is 12.1 Å². The summed E-state index contributed by atoms with van der Waals surface area (Å²) < 4.78 is 6.93.